The number of hydrogen-bond donors (Lipinski definition) is 1. The summed E-state index contributed by atoms with van der Waals surface area (Å²) in [6.45, 7) is 3.01. The summed E-state index contributed by atoms with van der Waals surface area (Å²) < 4.78 is 4.95. The fourth-order valence-electron chi connectivity index (χ4n) is 2.60. The van der Waals surface area contributed by atoms with Crippen LogP contribution in [0.5, 0.6) is 0 Å². The van der Waals surface area contributed by atoms with Crippen LogP contribution in [0.25, 0.3) is 0 Å². The number of aliphatic carboxylic acids is 1. The second-order valence-electron chi connectivity index (χ2n) is 6.13. The van der Waals surface area contributed by atoms with Gasteiger partial charge in [0.1, 0.15) is 6.54 Å². The SMILES string of the molecule is CCCCCCCCCCCC(=O)N(CCCOC)CC(=O)O. The Morgan fingerprint density at radius 1 is 0.913 bits per heavy atom. The molecule has 0 aliphatic carbocycles. The highest BCUT2D eigenvalue weighted by molar-refractivity contribution is 5.81. The Kier molecular flexibility index (Phi) is 15.0. The summed E-state index contributed by atoms with van der Waals surface area (Å²) in [7, 11) is 1.60. The molecule has 0 spiro atoms. The highest BCUT2D eigenvalue weighted by atomic mass is 16.5. The van der Waals surface area contributed by atoms with Gasteiger partial charge in [0, 0.05) is 26.7 Å². The monoisotopic (exact) mass is 329 g/mol. The van der Waals surface area contributed by atoms with Gasteiger partial charge >= 0.3 is 5.97 Å². The maximum atomic E-state index is 12.1. The van der Waals surface area contributed by atoms with E-state index >= 15 is 0 Å². The van der Waals surface area contributed by atoms with E-state index in [1.807, 2.05) is 0 Å². The van der Waals surface area contributed by atoms with Crippen molar-refractivity contribution >= 4 is 11.9 Å². The number of nitrogens with zero attached hydrogens (tertiary/aromatic N) is 1. The minimum absolute atomic E-state index is 0.0496. The third kappa shape index (κ3) is 14.2. The van der Waals surface area contributed by atoms with E-state index in [0.29, 0.717) is 26.0 Å². The maximum absolute atomic E-state index is 12.1. The van der Waals surface area contributed by atoms with Gasteiger partial charge in [0.2, 0.25) is 5.91 Å². The maximum Gasteiger partial charge on any atom is 0.323 e. The zero-order valence-corrected chi connectivity index (χ0v) is 15.0. The van der Waals surface area contributed by atoms with Gasteiger partial charge in [-0.25, -0.2) is 0 Å². The summed E-state index contributed by atoms with van der Waals surface area (Å²) in [5, 5.41) is 8.89. The highest BCUT2D eigenvalue weighted by Crippen LogP contribution is 2.11. The lowest BCUT2D eigenvalue weighted by molar-refractivity contribution is -0.144. The molecule has 0 aromatic carbocycles. The number of ether oxygens (including phenoxy) is 1. The first-order valence-electron chi connectivity index (χ1n) is 9.10. The number of carbonyl (C=O) groups is 2. The number of carbonyl (C=O) groups excluding carboxylic acids is 1. The molecule has 23 heavy (non-hydrogen) atoms. The van der Waals surface area contributed by atoms with Crippen molar-refractivity contribution in [1.82, 2.24) is 4.90 Å². The topological polar surface area (TPSA) is 66.8 Å². The average molecular weight is 329 g/mol. The van der Waals surface area contributed by atoms with Crippen molar-refractivity contribution in [3.8, 4) is 0 Å². The van der Waals surface area contributed by atoms with Gasteiger partial charge in [-0.05, 0) is 12.8 Å². The molecular weight excluding hydrogens is 294 g/mol. The second-order valence-corrected chi connectivity index (χ2v) is 6.13. The van der Waals surface area contributed by atoms with Crippen molar-refractivity contribution in [2.75, 3.05) is 26.8 Å². The lowest BCUT2D eigenvalue weighted by atomic mass is 10.1. The van der Waals surface area contributed by atoms with E-state index in [2.05, 4.69) is 6.92 Å². The number of hydrogen-bond acceptors (Lipinski definition) is 3. The third-order valence-corrected chi connectivity index (χ3v) is 3.95. The molecule has 0 saturated carbocycles. The Labute approximate surface area is 141 Å². The average Bonchev–Trinajstić information content (AvgIpc) is 2.52. The predicted octanol–water partition coefficient (Wildman–Crippen LogP) is 3.86. The summed E-state index contributed by atoms with van der Waals surface area (Å²) in [5.74, 6) is -1.01. The first kappa shape index (κ1) is 21.9. The molecule has 0 atom stereocenters. The largest absolute Gasteiger partial charge is 0.480 e. The smallest absolute Gasteiger partial charge is 0.323 e. The Balaban J connectivity index is 3.74. The number of carboxylic acids is 1. The van der Waals surface area contributed by atoms with Gasteiger partial charge in [0.15, 0.2) is 0 Å². The van der Waals surface area contributed by atoms with Crippen molar-refractivity contribution in [1.29, 1.82) is 0 Å². The van der Waals surface area contributed by atoms with Crippen LogP contribution < -0.4 is 0 Å². The third-order valence-electron chi connectivity index (χ3n) is 3.95. The quantitative estimate of drug-likeness (QED) is 0.437. The van der Waals surface area contributed by atoms with Gasteiger partial charge in [-0.3, -0.25) is 9.59 Å². The van der Waals surface area contributed by atoms with Crippen LogP contribution in [0.1, 0.15) is 77.6 Å². The Morgan fingerprint density at radius 3 is 2.00 bits per heavy atom. The lowest BCUT2D eigenvalue weighted by Gasteiger charge is -2.20. The lowest BCUT2D eigenvalue weighted by Crippen LogP contribution is -2.36. The van der Waals surface area contributed by atoms with Gasteiger partial charge in [0.25, 0.3) is 0 Å². The van der Waals surface area contributed by atoms with Crippen LogP contribution in [-0.2, 0) is 14.3 Å². The summed E-state index contributed by atoms with van der Waals surface area (Å²) in [5.41, 5.74) is 0. The van der Waals surface area contributed by atoms with Crippen molar-refractivity contribution < 1.29 is 19.4 Å². The van der Waals surface area contributed by atoms with Crippen LogP contribution >= 0.6 is 0 Å². The number of amides is 1. The summed E-state index contributed by atoms with van der Waals surface area (Å²) in [4.78, 5) is 24.4. The molecule has 5 nitrogen and oxygen atoms in total. The Hall–Kier alpha value is -1.10. The van der Waals surface area contributed by atoms with Gasteiger partial charge in [-0.15, -0.1) is 0 Å². The molecule has 0 fully saturated rings. The standard InChI is InChI=1S/C18H35NO4/c1-3-4-5-6-7-8-9-10-11-13-17(20)19(16-18(21)22)14-12-15-23-2/h3-16H2,1-2H3,(H,21,22). The van der Waals surface area contributed by atoms with E-state index in [0.717, 1.165) is 12.8 Å². The van der Waals surface area contributed by atoms with Gasteiger partial charge in [-0.1, -0.05) is 58.3 Å². The molecule has 136 valence electrons. The summed E-state index contributed by atoms with van der Waals surface area (Å²) >= 11 is 0. The van der Waals surface area contributed by atoms with Crippen molar-refractivity contribution in [3.05, 3.63) is 0 Å². The summed E-state index contributed by atoms with van der Waals surface area (Å²) in [6, 6.07) is 0. The van der Waals surface area contributed by atoms with Crippen LogP contribution in [0.4, 0.5) is 0 Å². The molecule has 5 heteroatoms. The molecular formula is C18H35NO4. The molecule has 0 bridgehead atoms. The summed E-state index contributed by atoms with van der Waals surface area (Å²) in [6.07, 6.45) is 12.0. The van der Waals surface area contributed by atoms with Gasteiger partial charge < -0.3 is 14.7 Å². The molecule has 0 heterocycles. The van der Waals surface area contributed by atoms with E-state index in [-0.39, 0.29) is 12.5 Å². The first-order valence-corrected chi connectivity index (χ1v) is 9.10. The van der Waals surface area contributed by atoms with E-state index in [4.69, 9.17) is 9.84 Å². The normalized spacial score (nSPS) is 10.7. The highest BCUT2D eigenvalue weighted by Gasteiger charge is 2.15. The number of unbranched alkanes of at least 4 members (excludes halogenated alkanes) is 8. The van der Waals surface area contributed by atoms with E-state index in [1.165, 1.54) is 49.8 Å². The molecule has 0 saturated heterocycles. The van der Waals surface area contributed by atoms with Crippen LogP contribution in [0.2, 0.25) is 0 Å². The van der Waals surface area contributed by atoms with Crippen LogP contribution in [-0.4, -0.2) is 48.7 Å². The van der Waals surface area contributed by atoms with Gasteiger partial charge in [0.05, 0.1) is 0 Å². The predicted molar refractivity (Wildman–Crippen MR) is 92.6 cm³/mol. The van der Waals surface area contributed by atoms with Crippen molar-refractivity contribution in [2.24, 2.45) is 0 Å². The molecule has 0 aliphatic rings. The molecule has 0 aromatic heterocycles. The van der Waals surface area contributed by atoms with E-state index in [9.17, 15) is 9.59 Å². The zero-order chi connectivity index (χ0) is 17.3. The molecule has 1 amide bonds. The number of carboxylic acid groups (broad SMARTS) is 1. The molecule has 0 unspecified atom stereocenters. The molecule has 0 aliphatic heterocycles. The molecule has 0 aromatic rings. The number of rotatable bonds is 16. The molecule has 1 N–H and O–H groups in total. The van der Waals surface area contributed by atoms with Crippen molar-refractivity contribution in [2.45, 2.75) is 77.6 Å². The number of methoxy groups -OCH3 is 1. The van der Waals surface area contributed by atoms with Gasteiger partial charge in [-0.2, -0.15) is 0 Å². The van der Waals surface area contributed by atoms with Crippen molar-refractivity contribution in [3.63, 3.8) is 0 Å². The van der Waals surface area contributed by atoms with E-state index in [1.54, 1.807) is 7.11 Å². The fraction of sp³-hybridized carbons (Fsp3) is 0.889. The van der Waals surface area contributed by atoms with Crippen LogP contribution in [0.15, 0.2) is 0 Å². The zero-order valence-electron chi connectivity index (χ0n) is 15.0. The fourth-order valence-corrected chi connectivity index (χ4v) is 2.60. The Morgan fingerprint density at radius 2 is 1.48 bits per heavy atom. The van der Waals surface area contributed by atoms with Crippen LogP contribution in [0.3, 0.4) is 0 Å². The Bertz CT molecular complexity index is 307. The van der Waals surface area contributed by atoms with Crippen LogP contribution in [0, 0.1) is 0 Å². The van der Waals surface area contributed by atoms with E-state index < -0.39 is 5.97 Å². The molecule has 0 rings (SSSR count). The minimum atomic E-state index is -0.956. The second kappa shape index (κ2) is 15.8. The minimum Gasteiger partial charge on any atom is -0.480 e. The molecule has 0 radical (unpaired) electrons. The first-order chi connectivity index (χ1) is 11.1.